The third-order valence-corrected chi connectivity index (χ3v) is 6.65. The number of hydrogen-bond donors (Lipinski definition) is 1. The van der Waals surface area contributed by atoms with E-state index >= 15 is 0 Å². The highest BCUT2D eigenvalue weighted by Crippen LogP contribution is 2.34. The predicted molar refractivity (Wildman–Crippen MR) is 123 cm³/mol. The molecule has 1 aromatic heterocycles. The summed E-state index contributed by atoms with van der Waals surface area (Å²) in [6.45, 7) is 5.89. The molecule has 1 heterocycles. The van der Waals surface area contributed by atoms with Crippen molar-refractivity contribution in [2.24, 2.45) is 0 Å². The van der Waals surface area contributed by atoms with Crippen LogP contribution in [0.1, 0.15) is 54.1 Å². The van der Waals surface area contributed by atoms with Crippen LogP contribution in [0.2, 0.25) is 5.02 Å². The predicted octanol–water partition coefficient (Wildman–Crippen LogP) is 5.05. The SMILES string of the molecule is CCN(c1cc(Cl)cc(C(=O)O)c1C)[C@H]1CC[C@H](N(C)CCc2cccnc2)CC1. The van der Waals surface area contributed by atoms with Crippen LogP contribution in [-0.2, 0) is 6.42 Å². The topological polar surface area (TPSA) is 56.7 Å². The van der Waals surface area contributed by atoms with Gasteiger partial charge in [0.05, 0.1) is 5.56 Å². The first-order valence-electron chi connectivity index (χ1n) is 10.8. The van der Waals surface area contributed by atoms with Crippen LogP contribution >= 0.6 is 11.6 Å². The van der Waals surface area contributed by atoms with E-state index in [1.54, 1.807) is 6.07 Å². The number of pyridine rings is 1. The molecule has 162 valence electrons. The van der Waals surface area contributed by atoms with E-state index in [4.69, 9.17) is 11.6 Å². The Balaban J connectivity index is 1.62. The monoisotopic (exact) mass is 429 g/mol. The van der Waals surface area contributed by atoms with E-state index in [0.717, 1.165) is 56.4 Å². The Morgan fingerprint density at radius 1 is 1.23 bits per heavy atom. The van der Waals surface area contributed by atoms with Gasteiger partial charge in [-0.05, 0) is 82.3 Å². The van der Waals surface area contributed by atoms with Gasteiger partial charge in [-0.25, -0.2) is 4.79 Å². The number of carbonyl (C=O) groups is 1. The smallest absolute Gasteiger partial charge is 0.336 e. The molecule has 1 aromatic carbocycles. The Morgan fingerprint density at radius 2 is 1.93 bits per heavy atom. The molecule has 1 fully saturated rings. The number of carboxylic acid groups (broad SMARTS) is 1. The molecule has 5 nitrogen and oxygen atoms in total. The summed E-state index contributed by atoms with van der Waals surface area (Å²) in [5.74, 6) is -0.925. The molecule has 1 saturated carbocycles. The molecule has 1 aliphatic rings. The van der Waals surface area contributed by atoms with Gasteiger partial charge in [0.2, 0.25) is 0 Å². The number of carboxylic acids is 1. The minimum Gasteiger partial charge on any atom is -0.478 e. The average molecular weight is 430 g/mol. The van der Waals surface area contributed by atoms with Gasteiger partial charge >= 0.3 is 5.97 Å². The molecule has 6 heteroatoms. The molecule has 0 radical (unpaired) electrons. The second-order valence-corrected chi connectivity index (χ2v) is 8.68. The van der Waals surface area contributed by atoms with Crippen molar-refractivity contribution < 1.29 is 9.90 Å². The van der Waals surface area contributed by atoms with Crippen LogP contribution in [0, 0.1) is 6.92 Å². The number of benzene rings is 1. The summed E-state index contributed by atoms with van der Waals surface area (Å²) in [5.41, 5.74) is 3.32. The quantitative estimate of drug-likeness (QED) is 0.636. The number of aromatic carboxylic acids is 1. The molecule has 0 spiro atoms. The number of likely N-dealkylation sites (N-methyl/N-ethyl adjacent to an activating group) is 1. The number of nitrogens with zero attached hydrogens (tertiary/aromatic N) is 3. The largest absolute Gasteiger partial charge is 0.478 e. The molecule has 0 unspecified atom stereocenters. The van der Waals surface area contributed by atoms with Gasteiger partial charge in [0.15, 0.2) is 0 Å². The van der Waals surface area contributed by atoms with E-state index in [1.807, 2.05) is 31.5 Å². The molecule has 30 heavy (non-hydrogen) atoms. The molecule has 0 saturated heterocycles. The van der Waals surface area contributed by atoms with Crippen molar-refractivity contribution in [3.05, 3.63) is 58.4 Å². The number of aromatic nitrogens is 1. The number of anilines is 1. The molecule has 0 aliphatic heterocycles. The second-order valence-electron chi connectivity index (χ2n) is 8.24. The van der Waals surface area contributed by atoms with E-state index < -0.39 is 5.97 Å². The lowest BCUT2D eigenvalue weighted by Gasteiger charge is -2.41. The third kappa shape index (κ3) is 5.32. The Labute approximate surface area is 184 Å². The van der Waals surface area contributed by atoms with Crippen LogP contribution in [0.4, 0.5) is 5.69 Å². The summed E-state index contributed by atoms with van der Waals surface area (Å²) in [4.78, 5) is 20.6. The maximum Gasteiger partial charge on any atom is 0.336 e. The lowest BCUT2D eigenvalue weighted by atomic mass is 9.88. The molecule has 1 N–H and O–H groups in total. The fourth-order valence-corrected chi connectivity index (χ4v) is 4.87. The van der Waals surface area contributed by atoms with Gasteiger partial charge in [-0.3, -0.25) is 4.98 Å². The molecular weight excluding hydrogens is 398 g/mol. The summed E-state index contributed by atoms with van der Waals surface area (Å²) < 4.78 is 0. The Bertz CT molecular complexity index is 851. The molecule has 3 rings (SSSR count). The zero-order valence-electron chi connectivity index (χ0n) is 18.1. The van der Waals surface area contributed by atoms with Gasteiger partial charge in [0.1, 0.15) is 0 Å². The van der Waals surface area contributed by atoms with Crippen molar-refractivity contribution >= 4 is 23.3 Å². The summed E-state index contributed by atoms with van der Waals surface area (Å²) in [6.07, 6.45) is 9.28. The highest BCUT2D eigenvalue weighted by atomic mass is 35.5. The van der Waals surface area contributed by atoms with Crippen LogP contribution in [0.3, 0.4) is 0 Å². The normalized spacial score (nSPS) is 19.1. The standard InChI is InChI=1S/C24H32ClN3O2/c1-4-28(23-15-19(25)14-22(17(23)2)24(29)30)21-9-7-20(8-10-21)27(3)13-11-18-6-5-12-26-16-18/h5-6,12,14-16,20-21H,4,7-11,13H2,1-3H3,(H,29,30)/t20-,21-. The highest BCUT2D eigenvalue weighted by Gasteiger charge is 2.29. The molecule has 0 atom stereocenters. The van der Waals surface area contributed by atoms with E-state index in [1.165, 1.54) is 5.56 Å². The summed E-state index contributed by atoms with van der Waals surface area (Å²) in [6, 6.07) is 8.59. The minimum absolute atomic E-state index is 0.291. The molecular formula is C24H32ClN3O2. The van der Waals surface area contributed by atoms with Gasteiger partial charge < -0.3 is 14.9 Å². The summed E-state index contributed by atoms with van der Waals surface area (Å²) in [7, 11) is 2.22. The van der Waals surface area contributed by atoms with Crippen LogP contribution < -0.4 is 4.90 Å². The van der Waals surface area contributed by atoms with Gasteiger partial charge in [-0.2, -0.15) is 0 Å². The zero-order chi connectivity index (χ0) is 21.7. The molecule has 1 aliphatic carbocycles. The van der Waals surface area contributed by atoms with Crippen LogP contribution in [0.25, 0.3) is 0 Å². The fraction of sp³-hybridized carbons (Fsp3) is 0.500. The average Bonchev–Trinajstić information content (AvgIpc) is 2.75. The Morgan fingerprint density at radius 3 is 2.53 bits per heavy atom. The molecule has 0 bridgehead atoms. The molecule has 2 aromatic rings. The van der Waals surface area contributed by atoms with Crippen molar-refractivity contribution in [3.8, 4) is 0 Å². The van der Waals surface area contributed by atoms with E-state index in [0.29, 0.717) is 22.7 Å². The van der Waals surface area contributed by atoms with E-state index in [-0.39, 0.29) is 0 Å². The van der Waals surface area contributed by atoms with Crippen molar-refractivity contribution in [2.45, 2.75) is 58.0 Å². The van der Waals surface area contributed by atoms with E-state index in [9.17, 15) is 9.90 Å². The van der Waals surface area contributed by atoms with Crippen molar-refractivity contribution in [2.75, 3.05) is 25.0 Å². The lowest BCUT2D eigenvalue weighted by molar-refractivity contribution is 0.0696. The second kappa shape index (κ2) is 10.3. The van der Waals surface area contributed by atoms with Crippen LogP contribution in [0.5, 0.6) is 0 Å². The first kappa shape index (κ1) is 22.6. The van der Waals surface area contributed by atoms with Crippen LogP contribution in [-0.4, -0.2) is 53.2 Å². The first-order chi connectivity index (χ1) is 14.4. The van der Waals surface area contributed by atoms with Gasteiger partial charge in [0.25, 0.3) is 0 Å². The van der Waals surface area contributed by atoms with Gasteiger partial charge in [-0.1, -0.05) is 17.7 Å². The number of rotatable bonds is 8. The summed E-state index contributed by atoms with van der Waals surface area (Å²) in [5, 5.41) is 10.0. The lowest BCUT2D eigenvalue weighted by Crippen LogP contribution is -2.44. The fourth-order valence-electron chi connectivity index (χ4n) is 4.66. The van der Waals surface area contributed by atoms with Crippen LogP contribution in [0.15, 0.2) is 36.7 Å². The third-order valence-electron chi connectivity index (χ3n) is 6.43. The zero-order valence-corrected chi connectivity index (χ0v) is 18.9. The first-order valence-corrected chi connectivity index (χ1v) is 11.2. The summed E-state index contributed by atoms with van der Waals surface area (Å²) >= 11 is 6.25. The van der Waals surface area contributed by atoms with E-state index in [2.05, 4.69) is 34.8 Å². The Kier molecular flexibility index (Phi) is 7.73. The minimum atomic E-state index is -0.925. The number of halogens is 1. The van der Waals surface area contributed by atoms with Crippen molar-refractivity contribution in [3.63, 3.8) is 0 Å². The maximum absolute atomic E-state index is 11.6. The van der Waals surface area contributed by atoms with Gasteiger partial charge in [0, 0.05) is 48.3 Å². The number of hydrogen-bond acceptors (Lipinski definition) is 4. The molecule has 0 amide bonds. The van der Waals surface area contributed by atoms with Crippen molar-refractivity contribution in [1.29, 1.82) is 0 Å². The highest BCUT2D eigenvalue weighted by molar-refractivity contribution is 6.31. The van der Waals surface area contributed by atoms with Gasteiger partial charge in [-0.15, -0.1) is 0 Å². The Hall–Kier alpha value is -2.11. The van der Waals surface area contributed by atoms with Crippen molar-refractivity contribution in [1.82, 2.24) is 9.88 Å². The maximum atomic E-state index is 11.6.